The van der Waals surface area contributed by atoms with E-state index in [-0.39, 0.29) is 34.8 Å². The summed E-state index contributed by atoms with van der Waals surface area (Å²) < 4.78 is 0. The largest absolute Gasteiger partial charge is 0.394 e. The van der Waals surface area contributed by atoms with Crippen LogP contribution in [0.3, 0.4) is 0 Å². The summed E-state index contributed by atoms with van der Waals surface area (Å²) in [4.78, 5) is 24.2. The number of hydrogen-bond acceptors (Lipinski definition) is 4. The molecule has 1 aromatic carbocycles. The maximum Gasteiger partial charge on any atom is 0.270 e. The standard InChI is InChI=1S/C13H15ClN2O4/c14-12-5-4-9(16(19)20)7-11(12)13(18)15-6-2-1-3-10(15)8-17/h4-5,7,10,17H,1-3,6,8H2. The van der Waals surface area contributed by atoms with Crippen LogP contribution in [0.25, 0.3) is 0 Å². The number of rotatable bonds is 3. The molecule has 0 aromatic heterocycles. The number of carbonyl (C=O) groups is 1. The van der Waals surface area contributed by atoms with Crippen LogP contribution in [0, 0.1) is 10.1 Å². The second-order valence-corrected chi connectivity index (χ2v) is 5.16. The Morgan fingerprint density at radius 2 is 2.25 bits per heavy atom. The minimum atomic E-state index is -0.563. The zero-order chi connectivity index (χ0) is 14.7. The molecule has 1 saturated heterocycles. The van der Waals surface area contributed by atoms with E-state index in [0.717, 1.165) is 19.3 Å². The number of nitro groups is 1. The zero-order valence-electron chi connectivity index (χ0n) is 10.8. The number of nitrogens with zero attached hydrogens (tertiary/aromatic N) is 2. The van der Waals surface area contributed by atoms with Crippen molar-refractivity contribution in [1.82, 2.24) is 4.90 Å². The molecule has 6 nitrogen and oxygen atoms in total. The number of hydrogen-bond donors (Lipinski definition) is 1. The van der Waals surface area contributed by atoms with Gasteiger partial charge < -0.3 is 10.0 Å². The van der Waals surface area contributed by atoms with Crippen molar-refractivity contribution in [2.45, 2.75) is 25.3 Å². The summed E-state index contributed by atoms with van der Waals surface area (Å²) in [5.41, 5.74) is -0.0588. The van der Waals surface area contributed by atoms with E-state index >= 15 is 0 Å². The molecule has 1 aliphatic rings. The Labute approximate surface area is 121 Å². The van der Waals surface area contributed by atoms with Gasteiger partial charge in [0, 0.05) is 18.7 Å². The number of non-ortho nitro benzene ring substituents is 1. The van der Waals surface area contributed by atoms with Crippen LogP contribution in [0.4, 0.5) is 5.69 Å². The van der Waals surface area contributed by atoms with Gasteiger partial charge in [0.15, 0.2) is 0 Å². The van der Waals surface area contributed by atoms with Crippen molar-refractivity contribution in [2.75, 3.05) is 13.2 Å². The first-order chi connectivity index (χ1) is 9.54. The van der Waals surface area contributed by atoms with Crippen LogP contribution in [0.5, 0.6) is 0 Å². The molecule has 1 aromatic rings. The highest BCUT2D eigenvalue weighted by Gasteiger charge is 2.28. The first-order valence-electron chi connectivity index (χ1n) is 6.40. The lowest BCUT2D eigenvalue weighted by Crippen LogP contribution is -2.45. The van der Waals surface area contributed by atoms with E-state index in [2.05, 4.69) is 0 Å². The predicted molar refractivity (Wildman–Crippen MR) is 73.9 cm³/mol. The Hall–Kier alpha value is -1.66. The highest BCUT2D eigenvalue weighted by molar-refractivity contribution is 6.33. The number of halogens is 1. The van der Waals surface area contributed by atoms with Crippen molar-refractivity contribution in [3.05, 3.63) is 38.9 Å². The molecule has 1 atom stereocenters. The quantitative estimate of drug-likeness (QED) is 0.685. The van der Waals surface area contributed by atoms with Gasteiger partial charge in [0.05, 0.1) is 28.2 Å². The van der Waals surface area contributed by atoms with Crippen molar-refractivity contribution in [3.63, 3.8) is 0 Å². The molecule has 108 valence electrons. The Morgan fingerprint density at radius 3 is 2.90 bits per heavy atom. The lowest BCUT2D eigenvalue weighted by Gasteiger charge is -2.34. The fourth-order valence-electron chi connectivity index (χ4n) is 2.40. The van der Waals surface area contributed by atoms with E-state index < -0.39 is 4.92 Å². The van der Waals surface area contributed by atoms with Crippen LogP contribution in [-0.2, 0) is 0 Å². The average molecular weight is 299 g/mol. The van der Waals surface area contributed by atoms with E-state index in [1.54, 1.807) is 4.90 Å². The maximum absolute atomic E-state index is 12.5. The van der Waals surface area contributed by atoms with Crippen LogP contribution >= 0.6 is 11.6 Å². The van der Waals surface area contributed by atoms with E-state index in [1.807, 2.05) is 0 Å². The van der Waals surface area contributed by atoms with E-state index in [9.17, 15) is 20.0 Å². The molecule has 2 rings (SSSR count). The summed E-state index contributed by atoms with van der Waals surface area (Å²) in [6.45, 7) is 0.418. The summed E-state index contributed by atoms with van der Waals surface area (Å²) >= 11 is 5.97. The van der Waals surface area contributed by atoms with Crippen molar-refractivity contribution in [2.24, 2.45) is 0 Å². The monoisotopic (exact) mass is 298 g/mol. The fourth-order valence-corrected chi connectivity index (χ4v) is 2.60. The van der Waals surface area contributed by atoms with Gasteiger partial charge in [-0.05, 0) is 25.3 Å². The molecule has 1 fully saturated rings. The number of piperidine rings is 1. The van der Waals surface area contributed by atoms with Gasteiger partial charge in [0.2, 0.25) is 0 Å². The molecule has 1 aliphatic heterocycles. The summed E-state index contributed by atoms with van der Waals surface area (Å²) in [6, 6.07) is 3.56. The van der Waals surface area contributed by atoms with Crippen molar-refractivity contribution in [3.8, 4) is 0 Å². The van der Waals surface area contributed by atoms with Crippen molar-refractivity contribution < 1.29 is 14.8 Å². The van der Waals surface area contributed by atoms with Crippen LogP contribution in [-0.4, -0.2) is 40.0 Å². The molecule has 0 spiro atoms. The third-order valence-electron chi connectivity index (χ3n) is 3.49. The lowest BCUT2D eigenvalue weighted by atomic mass is 10.0. The maximum atomic E-state index is 12.5. The number of carbonyl (C=O) groups excluding carboxylic acids is 1. The molecule has 1 amide bonds. The van der Waals surface area contributed by atoms with Crippen LogP contribution in [0.1, 0.15) is 29.6 Å². The normalized spacial score (nSPS) is 18.9. The van der Waals surface area contributed by atoms with Gasteiger partial charge in [-0.3, -0.25) is 14.9 Å². The highest BCUT2D eigenvalue weighted by atomic mass is 35.5. The molecule has 0 radical (unpaired) electrons. The molecule has 7 heteroatoms. The zero-order valence-corrected chi connectivity index (χ0v) is 11.5. The van der Waals surface area contributed by atoms with Crippen LogP contribution < -0.4 is 0 Å². The second-order valence-electron chi connectivity index (χ2n) is 4.75. The van der Waals surface area contributed by atoms with Gasteiger partial charge in [-0.2, -0.15) is 0 Å². The number of benzene rings is 1. The summed E-state index contributed by atoms with van der Waals surface area (Å²) in [7, 11) is 0. The predicted octanol–water partition coefficient (Wildman–Crippen LogP) is 2.24. The molecular weight excluding hydrogens is 284 g/mol. The molecule has 1 unspecified atom stereocenters. The van der Waals surface area contributed by atoms with Crippen LogP contribution in [0.2, 0.25) is 5.02 Å². The first kappa shape index (κ1) is 14.7. The van der Waals surface area contributed by atoms with Crippen LogP contribution in [0.15, 0.2) is 18.2 Å². The molecule has 0 bridgehead atoms. The number of nitro benzene ring substituents is 1. The Morgan fingerprint density at radius 1 is 1.50 bits per heavy atom. The number of aliphatic hydroxyl groups excluding tert-OH is 1. The van der Waals surface area contributed by atoms with E-state index in [4.69, 9.17) is 11.6 Å². The Bertz CT molecular complexity index is 535. The number of amides is 1. The fraction of sp³-hybridized carbons (Fsp3) is 0.462. The molecule has 20 heavy (non-hydrogen) atoms. The molecule has 1 N–H and O–H groups in total. The average Bonchev–Trinajstić information content (AvgIpc) is 2.46. The van der Waals surface area contributed by atoms with E-state index in [0.29, 0.717) is 6.54 Å². The molecule has 1 heterocycles. The van der Waals surface area contributed by atoms with E-state index in [1.165, 1.54) is 18.2 Å². The summed E-state index contributed by atoms with van der Waals surface area (Å²) in [5, 5.41) is 20.3. The van der Waals surface area contributed by atoms with Gasteiger partial charge in [-0.25, -0.2) is 0 Å². The second kappa shape index (κ2) is 6.19. The van der Waals surface area contributed by atoms with Crippen molar-refractivity contribution >= 4 is 23.2 Å². The minimum Gasteiger partial charge on any atom is -0.394 e. The van der Waals surface area contributed by atoms with Crippen molar-refractivity contribution in [1.29, 1.82) is 0 Å². The Balaban J connectivity index is 2.32. The molecular formula is C13H15ClN2O4. The van der Waals surface area contributed by atoms with Gasteiger partial charge in [0.25, 0.3) is 11.6 Å². The number of likely N-dealkylation sites (tertiary alicyclic amines) is 1. The van der Waals surface area contributed by atoms with Gasteiger partial charge >= 0.3 is 0 Å². The lowest BCUT2D eigenvalue weighted by molar-refractivity contribution is -0.384. The number of aliphatic hydroxyl groups is 1. The third kappa shape index (κ3) is 2.91. The Kier molecular flexibility index (Phi) is 4.57. The smallest absolute Gasteiger partial charge is 0.270 e. The summed E-state index contributed by atoms with van der Waals surface area (Å²) in [6.07, 6.45) is 2.54. The third-order valence-corrected chi connectivity index (χ3v) is 3.82. The topological polar surface area (TPSA) is 83.7 Å². The highest BCUT2D eigenvalue weighted by Crippen LogP contribution is 2.26. The van der Waals surface area contributed by atoms with Gasteiger partial charge in [0.1, 0.15) is 0 Å². The molecule has 0 aliphatic carbocycles. The minimum absolute atomic E-state index is 0.112. The molecule has 0 saturated carbocycles. The van der Waals surface area contributed by atoms with Gasteiger partial charge in [-0.1, -0.05) is 11.6 Å². The SMILES string of the molecule is O=C(c1cc([N+](=O)[O-])ccc1Cl)N1CCCCC1CO. The van der Waals surface area contributed by atoms with Gasteiger partial charge in [-0.15, -0.1) is 0 Å². The first-order valence-corrected chi connectivity index (χ1v) is 6.78. The summed E-state index contributed by atoms with van der Waals surface area (Å²) in [5.74, 6) is -0.363.